The highest BCUT2D eigenvalue weighted by molar-refractivity contribution is 6.36. The lowest BCUT2D eigenvalue weighted by Crippen LogP contribution is -2.31. The molecule has 0 spiro atoms. The van der Waals surface area contributed by atoms with Crippen LogP contribution in [-0.2, 0) is 0 Å². The van der Waals surface area contributed by atoms with E-state index in [0.717, 1.165) is 11.4 Å². The number of anilines is 6. The maximum absolute atomic E-state index is 10.5. The fourth-order valence-electron chi connectivity index (χ4n) is 4.38. The normalized spacial score (nSPS) is 10.0. The topological polar surface area (TPSA) is 102 Å². The lowest BCUT2D eigenvalue weighted by atomic mass is 9.98. The summed E-state index contributed by atoms with van der Waals surface area (Å²) in [7, 11) is 0. The van der Waals surface area contributed by atoms with Gasteiger partial charge < -0.3 is 0 Å². The summed E-state index contributed by atoms with van der Waals surface area (Å²) in [5.41, 5.74) is 10.00. The van der Waals surface area contributed by atoms with Gasteiger partial charge in [-0.25, -0.2) is 0 Å². The molecule has 196 valence electrons. The van der Waals surface area contributed by atoms with E-state index in [1.54, 1.807) is 10.0 Å². The minimum absolute atomic E-state index is 0.00785. The zero-order valence-electron chi connectivity index (χ0n) is 21.7. The number of hydrogen-bond donors (Lipinski definition) is 2. The maximum atomic E-state index is 10.5. The van der Waals surface area contributed by atoms with Crippen molar-refractivity contribution in [3.63, 3.8) is 0 Å². The first-order valence-electron chi connectivity index (χ1n) is 12.6. The lowest BCUT2D eigenvalue weighted by Gasteiger charge is -2.35. The fourth-order valence-corrected chi connectivity index (χ4v) is 4.69. The molecule has 7 nitrogen and oxygen atoms in total. The van der Waals surface area contributed by atoms with E-state index in [4.69, 9.17) is 11.6 Å². The maximum Gasteiger partial charge on any atom is 0.110 e. The minimum atomic E-state index is -0.109. The van der Waals surface area contributed by atoms with E-state index >= 15 is 0 Å². The van der Waals surface area contributed by atoms with E-state index in [0.29, 0.717) is 17.1 Å². The summed E-state index contributed by atoms with van der Waals surface area (Å²) < 4.78 is 0. The molecule has 0 heterocycles. The number of nitriles is 3. The van der Waals surface area contributed by atoms with Crippen molar-refractivity contribution in [2.24, 2.45) is 0 Å². The SMILES string of the molecule is N#Cc1c(Cl)c(N(Nc2ccccc2)c2ccccc2)c(N(Nc2ccccc2)c2ccccc2)c(C#N)c1C#N. The van der Waals surface area contributed by atoms with Gasteiger partial charge in [0.05, 0.1) is 44.5 Å². The molecule has 2 N–H and O–H groups in total. The van der Waals surface area contributed by atoms with Crippen LogP contribution in [0, 0.1) is 34.0 Å². The summed E-state index contributed by atoms with van der Waals surface area (Å²) in [6, 6.07) is 44.0. The summed E-state index contributed by atoms with van der Waals surface area (Å²) >= 11 is 7.05. The predicted octanol–water partition coefficient (Wildman–Crippen LogP) is 8.29. The molecule has 0 atom stereocenters. The second-order valence-electron chi connectivity index (χ2n) is 8.77. The number of halogens is 1. The molecule has 0 unspecified atom stereocenters. The Morgan fingerprint density at radius 1 is 0.463 bits per heavy atom. The summed E-state index contributed by atoms with van der Waals surface area (Å²) in [6.07, 6.45) is 0. The third kappa shape index (κ3) is 5.46. The van der Waals surface area contributed by atoms with Crippen molar-refractivity contribution >= 4 is 45.7 Å². The standard InChI is InChI=1S/C33H22ClN7/c34-31-29(22-36)28(21-35)30(23-37)32(40(26-17-9-3-10-18-26)38-24-13-5-1-6-14-24)33(31)41(27-19-11-4-12-20-27)39-25-15-7-2-8-16-25/h1-20,38-39H. The summed E-state index contributed by atoms with van der Waals surface area (Å²) in [6.45, 7) is 0. The molecule has 0 fully saturated rings. The van der Waals surface area contributed by atoms with Crippen LogP contribution in [0.4, 0.5) is 34.1 Å². The summed E-state index contributed by atoms with van der Waals surface area (Å²) in [4.78, 5) is 0. The Morgan fingerprint density at radius 2 is 0.829 bits per heavy atom. The average Bonchev–Trinajstić information content (AvgIpc) is 3.04. The van der Waals surface area contributed by atoms with Crippen molar-refractivity contribution in [3.05, 3.63) is 143 Å². The Hall–Kier alpha value is -5.94. The van der Waals surface area contributed by atoms with Crippen molar-refractivity contribution in [2.75, 3.05) is 20.9 Å². The third-order valence-electron chi connectivity index (χ3n) is 6.23. The Kier molecular flexibility index (Phi) is 7.98. The first kappa shape index (κ1) is 26.7. The Morgan fingerprint density at radius 3 is 1.22 bits per heavy atom. The van der Waals surface area contributed by atoms with E-state index in [1.807, 2.05) is 121 Å². The molecule has 41 heavy (non-hydrogen) atoms. The van der Waals surface area contributed by atoms with Gasteiger partial charge in [0.15, 0.2) is 0 Å². The van der Waals surface area contributed by atoms with Crippen LogP contribution in [0.2, 0.25) is 5.02 Å². The van der Waals surface area contributed by atoms with Gasteiger partial charge >= 0.3 is 0 Å². The molecule has 0 aliphatic rings. The molecule has 0 bridgehead atoms. The molecule has 0 amide bonds. The number of hydrogen-bond acceptors (Lipinski definition) is 7. The van der Waals surface area contributed by atoms with E-state index in [2.05, 4.69) is 29.1 Å². The number of benzene rings is 5. The van der Waals surface area contributed by atoms with Gasteiger partial charge in [-0.3, -0.25) is 20.9 Å². The second kappa shape index (κ2) is 12.3. The van der Waals surface area contributed by atoms with Crippen LogP contribution in [0.1, 0.15) is 16.7 Å². The van der Waals surface area contributed by atoms with Crippen molar-refractivity contribution in [3.8, 4) is 18.2 Å². The molecule has 5 aromatic rings. The highest BCUT2D eigenvalue weighted by Gasteiger charge is 2.32. The van der Waals surface area contributed by atoms with E-state index < -0.39 is 0 Å². The van der Waals surface area contributed by atoms with Gasteiger partial charge in [0, 0.05) is 0 Å². The van der Waals surface area contributed by atoms with Crippen LogP contribution in [0.3, 0.4) is 0 Å². The highest BCUT2D eigenvalue weighted by atomic mass is 35.5. The Bertz CT molecular complexity index is 1770. The molecule has 0 aromatic heterocycles. The molecule has 0 aliphatic heterocycles. The van der Waals surface area contributed by atoms with Crippen molar-refractivity contribution < 1.29 is 0 Å². The molecule has 0 radical (unpaired) electrons. The van der Waals surface area contributed by atoms with Crippen LogP contribution in [-0.4, -0.2) is 0 Å². The highest BCUT2D eigenvalue weighted by Crippen LogP contribution is 2.48. The van der Waals surface area contributed by atoms with Gasteiger partial charge in [-0.15, -0.1) is 0 Å². The first-order valence-corrected chi connectivity index (χ1v) is 13.0. The zero-order valence-corrected chi connectivity index (χ0v) is 22.4. The van der Waals surface area contributed by atoms with Crippen LogP contribution < -0.4 is 20.9 Å². The summed E-state index contributed by atoms with van der Waals surface area (Å²) in [5, 5.41) is 34.3. The summed E-state index contributed by atoms with van der Waals surface area (Å²) in [5.74, 6) is 0. The van der Waals surface area contributed by atoms with Crippen molar-refractivity contribution in [1.82, 2.24) is 0 Å². The Balaban J connectivity index is 1.88. The third-order valence-corrected chi connectivity index (χ3v) is 6.60. The second-order valence-corrected chi connectivity index (χ2v) is 9.15. The molecular formula is C33H22ClN7. The van der Waals surface area contributed by atoms with Gasteiger partial charge in [-0.2, -0.15) is 15.8 Å². The lowest BCUT2D eigenvalue weighted by molar-refractivity contribution is 1.10. The molecule has 5 rings (SSSR count). The van der Waals surface area contributed by atoms with Crippen LogP contribution in [0.15, 0.2) is 121 Å². The first-order chi connectivity index (χ1) is 20.2. The molecule has 5 aromatic carbocycles. The van der Waals surface area contributed by atoms with E-state index in [1.165, 1.54) is 0 Å². The number of rotatable bonds is 8. The number of nitrogens with one attached hydrogen (secondary N) is 2. The van der Waals surface area contributed by atoms with Crippen LogP contribution >= 0.6 is 11.6 Å². The molecule has 0 saturated heterocycles. The Labute approximate surface area is 243 Å². The monoisotopic (exact) mass is 551 g/mol. The molecule has 0 saturated carbocycles. The smallest absolute Gasteiger partial charge is 0.110 e. The fraction of sp³-hybridized carbons (Fsp3) is 0. The van der Waals surface area contributed by atoms with E-state index in [-0.39, 0.29) is 27.4 Å². The van der Waals surface area contributed by atoms with Crippen molar-refractivity contribution in [2.45, 2.75) is 0 Å². The minimum Gasteiger partial charge on any atom is -0.294 e. The zero-order chi connectivity index (χ0) is 28.6. The molecule has 0 aliphatic carbocycles. The quantitative estimate of drug-likeness (QED) is 0.187. The largest absolute Gasteiger partial charge is 0.294 e. The number of hydrazine groups is 2. The molecule has 8 heteroatoms. The van der Waals surface area contributed by atoms with Crippen LogP contribution in [0.25, 0.3) is 0 Å². The van der Waals surface area contributed by atoms with Crippen LogP contribution in [0.5, 0.6) is 0 Å². The van der Waals surface area contributed by atoms with Gasteiger partial charge in [0.2, 0.25) is 0 Å². The predicted molar refractivity (Wildman–Crippen MR) is 163 cm³/mol. The van der Waals surface area contributed by atoms with Crippen molar-refractivity contribution in [1.29, 1.82) is 15.8 Å². The van der Waals surface area contributed by atoms with Gasteiger partial charge in [0.1, 0.15) is 29.6 Å². The van der Waals surface area contributed by atoms with E-state index in [9.17, 15) is 15.8 Å². The van der Waals surface area contributed by atoms with Gasteiger partial charge in [-0.1, -0.05) is 84.4 Å². The number of nitrogens with zero attached hydrogens (tertiary/aromatic N) is 5. The average molecular weight is 552 g/mol. The number of para-hydroxylation sites is 4. The van der Waals surface area contributed by atoms with Gasteiger partial charge in [-0.05, 0) is 48.5 Å². The molecular weight excluding hydrogens is 530 g/mol. The van der Waals surface area contributed by atoms with Gasteiger partial charge in [0.25, 0.3) is 0 Å².